The van der Waals surface area contributed by atoms with Crippen molar-refractivity contribution in [2.75, 3.05) is 18.8 Å². The van der Waals surface area contributed by atoms with Crippen molar-refractivity contribution in [3.63, 3.8) is 0 Å². The molecule has 1 rings (SSSR count). The Morgan fingerprint density at radius 1 is 1.38 bits per heavy atom. The summed E-state index contributed by atoms with van der Waals surface area (Å²) < 4.78 is 35.0. The van der Waals surface area contributed by atoms with Crippen LogP contribution in [0.4, 0.5) is 4.39 Å². The molecular formula is C13H16FN3O3S. The fraction of sp³-hybridized carbons (Fsp3) is 0.308. The minimum absolute atomic E-state index is 0.0768. The monoisotopic (exact) mass is 313 g/mol. The standard InChI is InChI=1S/C13H16FN3O3S/c14-12-5-4-10(3-1-6-15)9-11(12)13(18)17-7-2-8-21(16,19)20/h4-5,9H,2,6-8,15H2,(H,17,18)(H2,16,19,20). The van der Waals surface area contributed by atoms with Gasteiger partial charge in [0, 0.05) is 12.1 Å². The highest BCUT2D eigenvalue weighted by Crippen LogP contribution is 2.10. The Kier molecular flexibility index (Phi) is 6.30. The highest BCUT2D eigenvalue weighted by atomic mass is 32.2. The molecule has 6 nitrogen and oxygen atoms in total. The van der Waals surface area contributed by atoms with Gasteiger partial charge in [-0.3, -0.25) is 4.79 Å². The van der Waals surface area contributed by atoms with Gasteiger partial charge in [0.1, 0.15) is 5.82 Å². The molecular weight excluding hydrogens is 297 g/mol. The molecule has 0 unspecified atom stereocenters. The molecule has 0 aliphatic heterocycles. The first-order chi connectivity index (χ1) is 9.83. The second-order valence-electron chi connectivity index (χ2n) is 4.18. The first-order valence-electron chi connectivity index (χ1n) is 6.10. The van der Waals surface area contributed by atoms with Gasteiger partial charge in [0.15, 0.2) is 0 Å². The van der Waals surface area contributed by atoms with Crippen molar-refractivity contribution in [3.05, 3.63) is 35.1 Å². The summed E-state index contributed by atoms with van der Waals surface area (Å²) in [6.07, 6.45) is 0.152. The largest absolute Gasteiger partial charge is 0.352 e. The number of halogens is 1. The van der Waals surface area contributed by atoms with E-state index in [1.165, 1.54) is 12.1 Å². The molecule has 114 valence electrons. The van der Waals surface area contributed by atoms with Gasteiger partial charge in [-0.2, -0.15) is 0 Å². The van der Waals surface area contributed by atoms with Crippen LogP contribution in [0.1, 0.15) is 22.3 Å². The van der Waals surface area contributed by atoms with Crippen molar-refractivity contribution in [1.29, 1.82) is 0 Å². The molecule has 1 aromatic rings. The zero-order valence-corrected chi connectivity index (χ0v) is 12.0. The number of nitrogens with two attached hydrogens (primary N) is 2. The van der Waals surface area contributed by atoms with Crippen molar-refractivity contribution in [2.45, 2.75) is 6.42 Å². The van der Waals surface area contributed by atoms with Crippen LogP contribution in [0.5, 0.6) is 0 Å². The molecule has 0 aliphatic rings. The molecule has 0 heterocycles. The number of primary sulfonamides is 1. The number of hydrogen-bond donors (Lipinski definition) is 3. The smallest absolute Gasteiger partial charge is 0.254 e. The van der Waals surface area contributed by atoms with Crippen molar-refractivity contribution in [2.24, 2.45) is 10.9 Å². The number of nitrogens with one attached hydrogen (secondary N) is 1. The molecule has 0 saturated heterocycles. The number of rotatable bonds is 5. The molecule has 0 aliphatic carbocycles. The third kappa shape index (κ3) is 6.35. The molecule has 0 atom stereocenters. The lowest BCUT2D eigenvalue weighted by Gasteiger charge is -2.06. The molecule has 0 fully saturated rings. The van der Waals surface area contributed by atoms with Crippen molar-refractivity contribution < 1.29 is 17.6 Å². The lowest BCUT2D eigenvalue weighted by Crippen LogP contribution is -2.28. The predicted octanol–water partition coefficient (Wildman–Crippen LogP) is -0.456. The van der Waals surface area contributed by atoms with E-state index in [0.29, 0.717) is 5.56 Å². The average molecular weight is 313 g/mol. The summed E-state index contributed by atoms with van der Waals surface area (Å²) in [5.74, 6) is 3.72. The summed E-state index contributed by atoms with van der Waals surface area (Å²) in [5, 5.41) is 7.25. The van der Waals surface area contributed by atoms with E-state index in [-0.39, 0.29) is 30.8 Å². The van der Waals surface area contributed by atoms with Crippen LogP contribution in [0.3, 0.4) is 0 Å². The first kappa shape index (κ1) is 17.1. The molecule has 1 amide bonds. The van der Waals surface area contributed by atoms with Crippen LogP contribution in [0.15, 0.2) is 18.2 Å². The molecule has 0 saturated carbocycles. The lowest BCUT2D eigenvalue weighted by atomic mass is 10.1. The second-order valence-corrected chi connectivity index (χ2v) is 5.91. The maximum atomic E-state index is 13.6. The van der Waals surface area contributed by atoms with E-state index >= 15 is 0 Å². The SMILES string of the molecule is NCC#Cc1ccc(F)c(C(=O)NCCCS(N)(=O)=O)c1. The number of carbonyl (C=O) groups excluding carboxylic acids is 1. The zero-order chi connectivity index (χ0) is 15.9. The zero-order valence-electron chi connectivity index (χ0n) is 11.2. The second kappa shape index (κ2) is 7.73. The quantitative estimate of drug-likeness (QED) is 0.504. The maximum Gasteiger partial charge on any atom is 0.254 e. The predicted molar refractivity (Wildman–Crippen MR) is 77.3 cm³/mol. The first-order valence-corrected chi connectivity index (χ1v) is 7.82. The number of benzene rings is 1. The normalized spacial score (nSPS) is 10.6. The lowest BCUT2D eigenvalue weighted by molar-refractivity contribution is 0.0949. The van der Waals surface area contributed by atoms with E-state index in [1.54, 1.807) is 0 Å². The fourth-order valence-electron chi connectivity index (χ4n) is 1.50. The fourth-order valence-corrected chi connectivity index (χ4v) is 2.05. The number of sulfonamides is 1. The van der Waals surface area contributed by atoms with Gasteiger partial charge in [-0.1, -0.05) is 11.8 Å². The third-order valence-electron chi connectivity index (χ3n) is 2.44. The van der Waals surface area contributed by atoms with Gasteiger partial charge in [0.25, 0.3) is 5.91 Å². The number of hydrogen-bond acceptors (Lipinski definition) is 4. The Morgan fingerprint density at radius 3 is 2.71 bits per heavy atom. The maximum absolute atomic E-state index is 13.6. The molecule has 0 aromatic heterocycles. The minimum atomic E-state index is -3.57. The van der Waals surface area contributed by atoms with Crippen molar-refractivity contribution >= 4 is 15.9 Å². The summed E-state index contributed by atoms with van der Waals surface area (Å²) >= 11 is 0. The van der Waals surface area contributed by atoms with Crippen LogP contribution >= 0.6 is 0 Å². The Bertz CT molecular complexity index is 678. The van der Waals surface area contributed by atoms with Gasteiger partial charge < -0.3 is 11.1 Å². The van der Waals surface area contributed by atoms with Gasteiger partial charge in [-0.05, 0) is 24.6 Å². The highest BCUT2D eigenvalue weighted by molar-refractivity contribution is 7.89. The topological polar surface area (TPSA) is 115 Å². The van der Waals surface area contributed by atoms with Crippen molar-refractivity contribution in [3.8, 4) is 11.8 Å². The Labute approximate surface area is 122 Å². The van der Waals surface area contributed by atoms with Crippen LogP contribution in [-0.2, 0) is 10.0 Å². The Morgan fingerprint density at radius 2 is 2.10 bits per heavy atom. The highest BCUT2D eigenvalue weighted by Gasteiger charge is 2.12. The van der Waals surface area contributed by atoms with Gasteiger partial charge >= 0.3 is 0 Å². The van der Waals surface area contributed by atoms with Gasteiger partial charge in [-0.25, -0.2) is 17.9 Å². The molecule has 0 bridgehead atoms. The van der Waals surface area contributed by atoms with E-state index < -0.39 is 21.7 Å². The van der Waals surface area contributed by atoms with E-state index in [0.717, 1.165) is 6.07 Å². The van der Waals surface area contributed by atoms with Gasteiger partial charge in [0.2, 0.25) is 10.0 Å². The summed E-state index contributed by atoms with van der Waals surface area (Å²) in [7, 11) is -3.57. The number of carbonyl (C=O) groups is 1. The van der Waals surface area contributed by atoms with Gasteiger partial charge in [0.05, 0.1) is 17.9 Å². The summed E-state index contributed by atoms with van der Waals surface area (Å²) in [5.41, 5.74) is 5.55. The van der Waals surface area contributed by atoms with Crippen LogP contribution in [0.25, 0.3) is 0 Å². The molecule has 21 heavy (non-hydrogen) atoms. The molecule has 1 aromatic carbocycles. The average Bonchev–Trinajstić information content (AvgIpc) is 2.41. The van der Waals surface area contributed by atoms with E-state index in [4.69, 9.17) is 10.9 Å². The Balaban J connectivity index is 2.69. The third-order valence-corrected chi connectivity index (χ3v) is 3.29. The molecule has 0 spiro atoms. The van der Waals surface area contributed by atoms with E-state index in [1.807, 2.05) is 0 Å². The van der Waals surface area contributed by atoms with E-state index in [9.17, 15) is 17.6 Å². The molecule has 8 heteroatoms. The van der Waals surface area contributed by atoms with Crippen LogP contribution in [0.2, 0.25) is 0 Å². The molecule has 5 N–H and O–H groups in total. The van der Waals surface area contributed by atoms with Crippen molar-refractivity contribution in [1.82, 2.24) is 5.32 Å². The summed E-state index contributed by atoms with van der Waals surface area (Å²) in [4.78, 5) is 11.8. The van der Waals surface area contributed by atoms with Gasteiger partial charge in [-0.15, -0.1) is 0 Å². The number of amides is 1. The summed E-state index contributed by atoms with van der Waals surface area (Å²) in [6.45, 7) is 0.236. The Hall–Kier alpha value is -1.95. The minimum Gasteiger partial charge on any atom is -0.352 e. The van der Waals surface area contributed by atoms with E-state index in [2.05, 4.69) is 17.2 Å². The summed E-state index contributed by atoms with van der Waals surface area (Å²) in [6, 6.07) is 3.89. The molecule has 0 radical (unpaired) electrons. The van der Waals surface area contributed by atoms with Crippen LogP contribution in [-0.4, -0.2) is 33.2 Å². The van der Waals surface area contributed by atoms with Crippen LogP contribution < -0.4 is 16.2 Å². The van der Waals surface area contributed by atoms with Crippen LogP contribution in [0, 0.1) is 17.7 Å².